The fourth-order valence-corrected chi connectivity index (χ4v) is 3.61. The van der Waals surface area contributed by atoms with Crippen LogP contribution in [0.5, 0.6) is 0 Å². The lowest BCUT2D eigenvalue weighted by atomic mass is 10.1. The molecule has 0 aliphatic rings. The molecule has 0 fully saturated rings. The van der Waals surface area contributed by atoms with Crippen molar-refractivity contribution in [2.75, 3.05) is 5.32 Å². The summed E-state index contributed by atoms with van der Waals surface area (Å²) in [5.41, 5.74) is 2.12. The fourth-order valence-electron chi connectivity index (χ4n) is 2.91. The second-order valence-electron chi connectivity index (χ2n) is 5.76. The highest BCUT2D eigenvalue weighted by molar-refractivity contribution is 7.13. The van der Waals surface area contributed by atoms with E-state index in [1.54, 1.807) is 23.6 Å². The third kappa shape index (κ3) is 2.41. The first-order chi connectivity index (χ1) is 12.8. The molecular weight excluding hydrogens is 349 g/mol. The van der Waals surface area contributed by atoms with E-state index in [4.69, 9.17) is 0 Å². The summed E-state index contributed by atoms with van der Waals surface area (Å²) in [7, 11) is 0. The van der Waals surface area contributed by atoms with Crippen molar-refractivity contribution in [3.8, 4) is 10.6 Å². The lowest BCUT2D eigenvalue weighted by Gasteiger charge is -2.10. The van der Waals surface area contributed by atoms with Crippen molar-refractivity contribution < 1.29 is 4.39 Å². The highest BCUT2D eigenvalue weighted by atomic mass is 32.1. The zero-order valence-electron chi connectivity index (χ0n) is 13.4. The van der Waals surface area contributed by atoms with Gasteiger partial charge in [0.1, 0.15) is 23.3 Å². The Morgan fingerprint density at radius 3 is 2.85 bits per heavy atom. The molecule has 0 atom stereocenters. The average Bonchev–Trinajstić information content (AvgIpc) is 3.36. The van der Waals surface area contributed by atoms with Gasteiger partial charge in [0.2, 0.25) is 0 Å². The van der Waals surface area contributed by atoms with Gasteiger partial charge in [-0.15, -0.1) is 11.3 Å². The van der Waals surface area contributed by atoms with Gasteiger partial charge in [0.25, 0.3) is 0 Å². The van der Waals surface area contributed by atoms with Crippen LogP contribution in [0.2, 0.25) is 0 Å². The van der Waals surface area contributed by atoms with E-state index in [1.165, 1.54) is 6.33 Å². The molecule has 0 amide bonds. The van der Waals surface area contributed by atoms with Crippen LogP contribution in [0.1, 0.15) is 0 Å². The molecular formula is C19H12FN5S. The number of aromatic amines is 1. The van der Waals surface area contributed by atoms with Crippen molar-refractivity contribution in [3.63, 3.8) is 0 Å². The van der Waals surface area contributed by atoms with Crippen molar-refractivity contribution in [3.05, 3.63) is 66.2 Å². The molecule has 0 aliphatic carbocycles. The number of hydrogen-bond acceptors (Lipinski definition) is 5. The van der Waals surface area contributed by atoms with E-state index in [-0.39, 0.29) is 0 Å². The first-order valence-corrected chi connectivity index (χ1v) is 8.86. The molecule has 1 aromatic carbocycles. The SMILES string of the molecule is Fc1c(Nc2ncnc3[nH]ccc23)ccc2ccc(-c3cccs3)nc12. The van der Waals surface area contributed by atoms with Crippen LogP contribution in [0, 0.1) is 5.82 Å². The van der Waals surface area contributed by atoms with Gasteiger partial charge in [-0.1, -0.05) is 18.2 Å². The molecule has 5 aromatic rings. The van der Waals surface area contributed by atoms with E-state index < -0.39 is 5.82 Å². The minimum Gasteiger partial charge on any atom is -0.346 e. The number of benzene rings is 1. The van der Waals surface area contributed by atoms with Crippen LogP contribution in [0.15, 0.2) is 60.4 Å². The smallest absolute Gasteiger partial charge is 0.172 e. The van der Waals surface area contributed by atoms with Crippen LogP contribution in [-0.4, -0.2) is 19.9 Å². The Hall–Kier alpha value is -3.32. The van der Waals surface area contributed by atoms with Crippen LogP contribution in [0.3, 0.4) is 0 Å². The quantitative estimate of drug-likeness (QED) is 0.468. The number of H-pyrrole nitrogens is 1. The van der Waals surface area contributed by atoms with Crippen LogP contribution >= 0.6 is 11.3 Å². The maximum Gasteiger partial charge on any atom is 0.172 e. The van der Waals surface area contributed by atoms with E-state index in [0.717, 1.165) is 21.3 Å². The van der Waals surface area contributed by atoms with Crippen LogP contribution in [0.4, 0.5) is 15.9 Å². The Kier molecular flexibility index (Phi) is 3.39. The molecule has 26 heavy (non-hydrogen) atoms. The summed E-state index contributed by atoms with van der Waals surface area (Å²) in [5, 5.41) is 6.59. The largest absolute Gasteiger partial charge is 0.346 e. The molecule has 5 nitrogen and oxygen atoms in total. The van der Waals surface area contributed by atoms with E-state index in [1.807, 2.05) is 41.8 Å². The number of hydrogen-bond donors (Lipinski definition) is 2. The number of fused-ring (bicyclic) bond motifs is 2. The summed E-state index contributed by atoms with van der Waals surface area (Å²) in [6.07, 6.45) is 3.21. The van der Waals surface area contributed by atoms with Crippen LogP contribution < -0.4 is 5.32 Å². The molecule has 126 valence electrons. The number of nitrogens with zero attached hydrogens (tertiary/aromatic N) is 3. The van der Waals surface area contributed by atoms with Crippen molar-refractivity contribution >= 4 is 44.8 Å². The second kappa shape index (κ2) is 5.89. The molecule has 0 radical (unpaired) electrons. The van der Waals surface area contributed by atoms with E-state index in [0.29, 0.717) is 22.7 Å². The monoisotopic (exact) mass is 361 g/mol. The molecule has 2 N–H and O–H groups in total. The zero-order valence-corrected chi connectivity index (χ0v) is 14.2. The number of anilines is 2. The Bertz CT molecular complexity index is 1230. The van der Waals surface area contributed by atoms with Crippen molar-refractivity contribution in [2.45, 2.75) is 0 Å². The summed E-state index contributed by atoms with van der Waals surface area (Å²) in [6, 6.07) is 13.1. The summed E-state index contributed by atoms with van der Waals surface area (Å²) in [5.74, 6) is 0.145. The number of pyridine rings is 1. The molecule has 0 bridgehead atoms. The molecule has 4 aromatic heterocycles. The predicted octanol–water partition coefficient (Wildman–Crippen LogP) is 5.12. The normalized spacial score (nSPS) is 11.3. The minimum atomic E-state index is -0.400. The van der Waals surface area contributed by atoms with Gasteiger partial charge in [0, 0.05) is 11.6 Å². The van der Waals surface area contributed by atoms with E-state index >= 15 is 4.39 Å². The van der Waals surface area contributed by atoms with Gasteiger partial charge < -0.3 is 10.3 Å². The number of aromatic nitrogens is 4. The zero-order chi connectivity index (χ0) is 17.5. The fraction of sp³-hybridized carbons (Fsp3) is 0. The van der Waals surface area contributed by atoms with Gasteiger partial charge in [-0.3, -0.25) is 0 Å². The molecule has 0 saturated carbocycles. The minimum absolute atomic E-state index is 0.328. The Morgan fingerprint density at radius 2 is 1.96 bits per heavy atom. The van der Waals surface area contributed by atoms with Gasteiger partial charge in [-0.05, 0) is 29.6 Å². The Labute approximate surface area is 151 Å². The lowest BCUT2D eigenvalue weighted by molar-refractivity contribution is 0.641. The average molecular weight is 361 g/mol. The number of nitrogens with one attached hydrogen (secondary N) is 2. The molecule has 5 rings (SSSR count). The summed E-state index contributed by atoms with van der Waals surface area (Å²) < 4.78 is 15.1. The highest BCUT2D eigenvalue weighted by Crippen LogP contribution is 2.30. The third-order valence-corrected chi connectivity index (χ3v) is 5.07. The van der Waals surface area contributed by atoms with Gasteiger partial charge in [0.05, 0.1) is 21.6 Å². The summed E-state index contributed by atoms with van der Waals surface area (Å²) in [4.78, 5) is 16.9. The van der Waals surface area contributed by atoms with Crippen molar-refractivity contribution in [1.82, 2.24) is 19.9 Å². The third-order valence-electron chi connectivity index (χ3n) is 4.18. The predicted molar refractivity (Wildman–Crippen MR) is 102 cm³/mol. The Morgan fingerprint density at radius 1 is 1.04 bits per heavy atom. The number of halogens is 1. The molecule has 0 unspecified atom stereocenters. The number of rotatable bonds is 3. The maximum atomic E-state index is 15.1. The molecule has 4 heterocycles. The summed E-state index contributed by atoms with van der Waals surface area (Å²) in [6.45, 7) is 0. The van der Waals surface area contributed by atoms with E-state index in [9.17, 15) is 0 Å². The first kappa shape index (κ1) is 15.0. The molecule has 0 spiro atoms. The molecule has 0 saturated heterocycles. The topological polar surface area (TPSA) is 66.5 Å². The van der Waals surface area contributed by atoms with Gasteiger partial charge in [-0.25, -0.2) is 19.3 Å². The molecule has 7 heteroatoms. The van der Waals surface area contributed by atoms with Gasteiger partial charge in [-0.2, -0.15) is 0 Å². The van der Waals surface area contributed by atoms with Crippen molar-refractivity contribution in [2.24, 2.45) is 0 Å². The Balaban J connectivity index is 1.62. The second-order valence-corrected chi connectivity index (χ2v) is 6.71. The highest BCUT2D eigenvalue weighted by Gasteiger charge is 2.13. The molecule has 0 aliphatic heterocycles. The van der Waals surface area contributed by atoms with Gasteiger partial charge >= 0.3 is 0 Å². The van der Waals surface area contributed by atoms with Crippen LogP contribution in [0.25, 0.3) is 32.5 Å². The van der Waals surface area contributed by atoms with Gasteiger partial charge in [0.15, 0.2) is 5.82 Å². The van der Waals surface area contributed by atoms with Crippen LogP contribution in [-0.2, 0) is 0 Å². The summed E-state index contributed by atoms with van der Waals surface area (Å²) >= 11 is 1.58. The standard InChI is InChI=1S/C19H12FN5S/c20-16-14(25-19-12-7-8-21-18(12)22-10-23-19)6-4-11-3-5-13(24-17(11)16)15-2-1-9-26-15/h1-10H,(H2,21,22,23,25). The van der Waals surface area contributed by atoms with Crippen molar-refractivity contribution in [1.29, 1.82) is 0 Å². The number of thiophene rings is 1. The van der Waals surface area contributed by atoms with E-state index in [2.05, 4.69) is 25.3 Å². The lowest BCUT2D eigenvalue weighted by Crippen LogP contribution is -1.99. The maximum absolute atomic E-state index is 15.1. The first-order valence-electron chi connectivity index (χ1n) is 7.98.